The number of hydrogen-bond acceptors (Lipinski definition) is 4. The summed E-state index contributed by atoms with van der Waals surface area (Å²) in [5.41, 5.74) is -0.254. The highest BCUT2D eigenvalue weighted by Gasteiger charge is 2.47. The number of likely N-dealkylation sites (tertiary alicyclic amines) is 1. The molecule has 1 aromatic heterocycles. The van der Waals surface area contributed by atoms with Crippen LogP contribution in [0.1, 0.15) is 58.7 Å². The van der Waals surface area contributed by atoms with E-state index in [2.05, 4.69) is 14.9 Å². The van der Waals surface area contributed by atoms with E-state index < -0.39 is 5.60 Å². The molecule has 140 valence electrons. The van der Waals surface area contributed by atoms with Crippen molar-refractivity contribution in [3.63, 3.8) is 0 Å². The fourth-order valence-corrected chi connectivity index (χ4v) is 4.27. The van der Waals surface area contributed by atoms with E-state index in [0.29, 0.717) is 6.04 Å². The molecular weight excluding hydrogens is 316 g/mol. The summed E-state index contributed by atoms with van der Waals surface area (Å²) in [5.74, 6) is 1.06. The van der Waals surface area contributed by atoms with Crippen LogP contribution in [0.15, 0.2) is 12.4 Å². The standard InChI is InChI=1S/C19H32N4O2/c1-18(2,3)25-17(24)23-11-9-19(14-23)8-6-5-7-15(19)21-13-16-20-10-12-22(16)4/h10,12,15,21H,5-9,11,13-14H2,1-4H3. The molecule has 1 spiro atoms. The summed E-state index contributed by atoms with van der Waals surface area (Å²) in [6.07, 6.45) is 9.58. The SMILES string of the molecule is Cn1ccnc1CNC1CCCCC12CCN(C(=O)OC(C)(C)C)C2. The Balaban J connectivity index is 1.64. The Morgan fingerprint density at radius 1 is 1.40 bits per heavy atom. The highest BCUT2D eigenvalue weighted by molar-refractivity contribution is 5.68. The van der Waals surface area contributed by atoms with Crippen LogP contribution in [0.2, 0.25) is 0 Å². The second kappa shape index (κ2) is 6.98. The average molecular weight is 348 g/mol. The van der Waals surface area contributed by atoms with E-state index >= 15 is 0 Å². The van der Waals surface area contributed by atoms with Crippen molar-refractivity contribution in [2.24, 2.45) is 12.5 Å². The Bertz CT molecular complexity index is 607. The second-order valence-electron chi connectivity index (χ2n) is 8.65. The summed E-state index contributed by atoms with van der Waals surface area (Å²) in [6.45, 7) is 8.16. The van der Waals surface area contributed by atoms with Crippen molar-refractivity contribution in [3.05, 3.63) is 18.2 Å². The Kier molecular flexibility index (Phi) is 5.09. The van der Waals surface area contributed by atoms with Gasteiger partial charge in [-0.05, 0) is 40.0 Å². The summed E-state index contributed by atoms with van der Waals surface area (Å²) in [6, 6.07) is 0.436. The number of aryl methyl sites for hydroxylation is 1. The number of nitrogens with zero attached hydrogens (tertiary/aromatic N) is 3. The van der Waals surface area contributed by atoms with Crippen LogP contribution in [0.4, 0.5) is 4.79 Å². The molecule has 1 saturated heterocycles. The van der Waals surface area contributed by atoms with E-state index in [4.69, 9.17) is 4.74 Å². The Morgan fingerprint density at radius 3 is 2.88 bits per heavy atom. The first-order valence-electron chi connectivity index (χ1n) is 9.47. The normalized spacial score (nSPS) is 27.0. The van der Waals surface area contributed by atoms with Gasteiger partial charge in [-0.25, -0.2) is 9.78 Å². The molecule has 1 aliphatic heterocycles. The fourth-order valence-electron chi connectivity index (χ4n) is 4.27. The molecule has 1 amide bonds. The fraction of sp³-hybridized carbons (Fsp3) is 0.789. The summed E-state index contributed by atoms with van der Waals surface area (Å²) in [4.78, 5) is 18.8. The lowest BCUT2D eigenvalue weighted by Crippen LogP contribution is -2.49. The van der Waals surface area contributed by atoms with Gasteiger partial charge in [-0.15, -0.1) is 0 Å². The smallest absolute Gasteiger partial charge is 0.410 e. The third-order valence-electron chi connectivity index (χ3n) is 5.62. The Morgan fingerprint density at radius 2 is 2.20 bits per heavy atom. The maximum atomic E-state index is 12.5. The average Bonchev–Trinajstić information content (AvgIpc) is 3.13. The molecule has 1 aliphatic carbocycles. The summed E-state index contributed by atoms with van der Waals surface area (Å²) in [7, 11) is 2.03. The Hall–Kier alpha value is -1.56. The van der Waals surface area contributed by atoms with Crippen LogP contribution in [0, 0.1) is 5.41 Å². The van der Waals surface area contributed by atoms with Crippen molar-refractivity contribution in [2.75, 3.05) is 13.1 Å². The van der Waals surface area contributed by atoms with Gasteiger partial charge in [0, 0.05) is 44.0 Å². The number of carbonyl (C=O) groups is 1. The maximum absolute atomic E-state index is 12.5. The lowest BCUT2D eigenvalue weighted by molar-refractivity contribution is 0.0246. The zero-order valence-corrected chi connectivity index (χ0v) is 16.0. The van der Waals surface area contributed by atoms with Gasteiger partial charge < -0.3 is 19.5 Å². The van der Waals surface area contributed by atoms with Crippen LogP contribution in [-0.4, -0.2) is 45.3 Å². The monoisotopic (exact) mass is 348 g/mol. The van der Waals surface area contributed by atoms with Crippen LogP contribution >= 0.6 is 0 Å². The molecule has 0 bridgehead atoms. The molecular formula is C19H32N4O2. The quantitative estimate of drug-likeness (QED) is 0.912. The number of imidazole rings is 1. The Labute approximate surface area is 150 Å². The molecule has 0 aromatic carbocycles. The summed E-state index contributed by atoms with van der Waals surface area (Å²) >= 11 is 0. The molecule has 1 aromatic rings. The summed E-state index contributed by atoms with van der Waals surface area (Å²) < 4.78 is 7.64. The van der Waals surface area contributed by atoms with Crippen LogP contribution in [0.25, 0.3) is 0 Å². The van der Waals surface area contributed by atoms with E-state index in [1.807, 2.05) is 45.1 Å². The zero-order valence-electron chi connectivity index (χ0n) is 16.0. The maximum Gasteiger partial charge on any atom is 0.410 e. The molecule has 2 atom stereocenters. The molecule has 1 saturated carbocycles. The molecule has 6 heteroatoms. The predicted octanol–water partition coefficient (Wildman–Crippen LogP) is 3.08. The van der Waals surface area contributed by atoms with Gasteiger partial charge in [0.15, 0.2) is 0 Å². The van der Waals surface area contributed by atoms with Crippen LogP contribution in [-0.2, 0) is 18.3 Å². The third kappa shape index (κ3) is 4.17. The zero-order chi connectivity index (χ0) is 18.1. The van der Waals surface area contributed by atoms with Crippen LogP contribution in [0.3, 0.4) is 0 Å². The van der Waals surface area contributed by atoms with E-state index in [0.717, 1.165) is 31.9 Å². The molecule has 2 aliphatic rings. The lowest BCUT2D eigenvalue weighted by Gasteiger charge is -2.42. The number of hydrogen-bond donors (Lipinski definition) is 1. The van der Waals surface area contributed by atoms with Gasteiger partial charge in [-0.2, -0.15) is 0 Å². The van der Waals surface area contributed by atoms with Crippen molar-refractivity contribution in [2.45, 2.75) is 71.1 Å². The van der Waals surface area contributed by atoms with Gasteiger partial charge in [0.1, 0.15) is 11.4 Å². The van der Waals surface area contributed by atoms with Gasteiger partial charge >= 0.3 is 6.09 Å². The van der Waals surface area contributed by atoms with Crippen molar-refractivity contribution in [3.8, 4) is 0 Å². The highest BCUT2D eigenvalue weighted by Crippen LogP contribution is 2.44. The minimum absolute atomic E-state index is 0.169. The van der Waals surface area contributed by atoms with Crippen molar-refractivity contribution in [1.82, 2.24) is 19.8 Å². The van der Waals surface area contributed by atoms with Gasteiger partial charge in [-0.1, -0.05) is 12.8 Å². The van der Waals surface area contributed by atoms with E-state index in [-0.39, 0.29) is 11.5 Å². The topological polar surface area (TPSA) is 59.4 Å². The van der Waals surface area contributed by atoms with Crippen LogP contribution in [0.5, 0.6) is 0 Å². The van der Waals surface area contributed by atoms with Gasteiger partial charge in [0.25, 0.3) is 0 Å². The third-order valence-corrected chi connectivity index (χ3v) is 5.62. The van der Waals surface area contributed by atoms with Crippen molar-refractivity contribution < 1.29 is 9.53 Å². The van der Waals surface area contributed by atoms with E-state index in [1.54, 1.807) is 0 Å². The van der Waals surface area contributed by atoms with Crippen molar-refractivity contribution in [1.29, 1.82) is 0 Å². The first kappa shape index (κ1) is 18.2. The molecule has 3 rings (SSSR count). The number of carbonyl (C=O) groups excluding carboxylic acids is 1. The number of nitrogens with one attached hydrogen (secondary N) is 1. The lowest BCUT2D eigenvalue weighted by atomic mass is 9.69. The largest absolute Gasteiger partial charge is 0.444 e. The van der Waals surface area contributed by atoms with Crippen molar-refractivity contribution >= 4 is 6.09 Å². The van der Waals surface area contributed by atoms with E-state index in [9.17, 15) is 4.79 Å². The molecule has 0 radical (unpaired) electrons. The minimum Gasteiger partial charge on any atom is -0.444 e. The first-order chi connectivity index (χ1) is 11.8. The molecule has 6 nitrogen and oxygen atoms in total. The number of amides is 1. The van der Waals surface area contributed by atoms with Gasteiger partial charge in [0.05, 0.1) is 6.54 Å². The molecule has 2 fully saturated rings. The number of rotatable bonds is 3. The van der Waals surface area contributed by atoms with Gasteiger partial charge in [-0.3, -0.25) is 0 Å². The molecule has 25 heavy (non-hydrogen) atoms. The predicted molar refractivity (Wildman–Crippen MR) is 97.2 cm³/mol. The highest BCUT2D eigenvalue weighted by atomic mass is 16.6. The molecule has 2 unspecified atom stereocenters. The van der Waals surface area contributed by atoms with Crippen LogP contribution < -0.4 is 5.32 Å². The first-order valence-corrected chi connectivity index (χ1v) is 9.47. The molecule has 2 heterocycles. The minimum atomic E-state index is -0.435. The summed E-state index contributed by atoms with van der Waals surface area (Å²) in [5, 5.41) is 3.74. The second-order valence-corrected chi connectivity index (χ2v) is 8.65. The number of aromatic nitrogens is 2. The number of ether oxygens (including phenoxy) is 1. The molecule has 1 N–H and O–H groups in total. The van der Waals surface area contributed by atoms with Gasteiger partial charge in [0.2, 0.25) is 0 Å². The van der Waals surface area contributed by atoms with E-state index in [1.165, 1.54) is 25.7 Å².